The predicted octanol–water partition coefficient (Wildman–Crippen LogP) is 6.76. The highest BCUT2D eigenvalue weighted by Crippen LogP contribution is 2.84. The van der Waals surface area contributed by atoms with E-state index in [9.17, 15) is 30.6 Å². The number of hydrazine groups is 1. The van der Waals surface area contributed by atoms with Crippen LogP contribution in [0.3, 0.4) is 0 Å². The second-order valence-electron chi connectivity index (χ2n) is 20.8. The molecule has 7 aliphatic rings. The number of aliphatic hydroxyl groups is 6. The van der Waals surface area contributed by atoms with Gasteiger partial charge in [0.05, 0.1) is 25.4 Å². The first-order valence-electron chi connectivity index (χ1n) is 25.1. The van der Waals surface area contributed by atoms with Crippen molar-refractivity contribution in [1.29, 1.82) is 0 Å². The molecule has 5 aliphatic carbocycles. The van der Waals surface area contributed by atoms with Crippen LogP contribution in [-0.4, -0.2) is 98.9 Å². The number of nitrogens with one attached hydrogen (secondary N) is 2. The SMILES string of the molecule is CCCCCCCCCCCCCC[C@@H](O)[C@@H](O)[C@H](COC1OC(CO)C(O)C(O)C1O)C1CC(CCCCCCCCCCC2C3C4C[C@@H]5C6CC(C3C46)[C@H]25)NN1. The standard InChI is InChI=1S/C48H86N2O8/c1-2-3-4-5-6-7-8-9-10-15-18-21-24-38(52)44(53)36(29-57-48-47(56)46(55)45(54)39(28-51)58-48)37-25-30(49-50-37)22-19-16-13-11-12-14-17-20-23-31-40-32-26-35-41(31)43-34(40)27-33(32)42(35)43/h30-56H,2-29H2,1H3/t30?,31?,32-,33?,34?,35?,36-,37?,38-,39?,40-,41?,42?,43?,44+,45?,46?,47?,48?/m1/s1. The van der Waals surface area contributed by atoms with Gasteiger partial charge in [0.2, 0.25) is 0 Å². The first-order chi connectivity index (χ1) is 28.3. The van der Waals surface area contributed by atoms with Crippen molar-refractivity contribution in [2.24, 2.45) is 59.2 Å². The molecule has 0 aromatic rings. The third-order valence-corrected chi connectivity index (χ3v) is 17.3. The number of rotatable bonds is 31. The van der Waals surface area contributed by atoms with E-state index in [-0.39, 0.29) is 18.7 Å². The van der Waals surface area contributed by atoms with Gasteiger partial charge in [-0.1, -0.05) is 135 Å². The minimum Gasteiger partial charge on any atom is -0.394 e. The third-order valence-electron chi connectivity index (χ3n) is 17.3. The zero-order valence-corrected chi connectivity index (χ0v) is 36.3. The van der Waals surface area contributed by atoms with Crippen LogP contribution in [0.4, 0.5) is 0 Å². The Balaban J connectivity index is 0.765. The smallest absolute Gasteiger partial charge is 0.186 e. The number of hydrogen-bond donors (Lipinski definition) is 8. The Morgan fingerprint density at radius 1 is 0.586 bits per heavy atom. The molecule has 0 spiro atoms. The van der Waals surface area contributed by atoms with Gasteiger partial charge in [0.15, 0.2) is 6.29 Å². The van der Waals surface area contributed by atoms with Gasteiger partial charge in [0.25, 0.3) is 0 Å². The Kier molecular flexibility index (Phi) is 17.5. The Morgan fingerprint density at radius 3 is 1.79 bits per heavy atom. The van der Waals surface area contributed by atoms with Crippen LogP contribution >= 0.6 is 0 Å². The van der Waals surface area contributed by atoms with Gasteiger partial charge in [-0.2, -0.15) is 0 Å². The van der Waals surface area contributed by atoms with Gasteiger partial charge in [-0.3, -0.25) is 10.9 Å². The fourth-order valence-electron chi connectivity index (χ4n) is 14.5. The van der Waals surface area contributed by atoms with E-state index in [1.54, 1.807) is 12.8 Å². The Morgan fingerprint density at radius 2 is 1.16 bits per heavy atom. The minimum absolute atomic E-state index is 0.0315. The summed E-state index contributed by atoms with van der Waals surface area (Å²) in [5, 5.41) is 63.5. The fourth-order valence-corrected chi connectivity index (χ4v) is 14.5. The molecule has 7 fully saturated rings. The highest BCUT2D eigenvalue weighted by atomic mass is 16.7. The van der Waals surface area contributed by atoms with Crippen LogP contribution in [0.25, 0.3) is 0 Å². The molecule has 2 heterocycles. The van der Waals surface area contributed by atoms with Crippen molar-refractivity contribution in [1.82, 2.24) is 10.9 Å². The molecule has 0 aromatic heterocycles. The maximum Gasteiger partial charge on any atom is 0.186 e. The number of hydrogen-bond acceptors (Lipinski definition) is 10. The molecule has 2 bridgehead atoms. The quantitative estimate of drug-likeness (QED) is 0.0351. The van der Waals surface area contributed by atoms with Crippen LogP contribution in [0, 0.1) is 59.2 Å². The van der Waals surface area contributed by atoms with Crippen molar-refractivity contribution >= 4 is 0 Å². The molecule has 0 radical (unpaired) electrons. The van der Waals surface area contributed by atoms with Crippen LogP contribution in [0.1, 0.15) is 174 Å². The molecule has 10 nitrogen and oxygen atoms in total. The largest absolute Gasteiger partial charge is 0.394 e. The van der Waals surface area contributed by atoms with Gasteiger partial charge in [-0.05, 0) is 91.8 Å². The van der Waals surface area contributed by atoms with Gasteiger partial charge in [0, 0.05) is 18.0 Å². The zero-order valence-electron chi connectivity index (χ0n) is 36.3. The van der Waals surface area contributed by atoms with E-state index >= 15 is 0 Å². The van der Waals surface area contributed by atoms with Crippen molar-refractivity contribution in [3.63, 3.8) is 0 Å². The van der Waals surface area contributed by atoms with Gasteiger partial charge >= 0.3 is 0 Å². The monoisotopic (exact) mass is 819 g/mol. The van der Waals surface area contributed by atoms with Gasteiger partial charge in [-0.15, -0.1) is 0 Å². The summed E-state index contributed by atoms with van der Waals surface area (Å²) in [5.41, 5.74) is 6.83. The summed E-state index contributed by atoms with van der Waals surface area (Å²) in [4.78, 5) is 0. The molecule has 8 N–H and O–H groups in total. The highest BCUT2D eigenvalue weighted by molar-refractivity contribution is 5.27. The summed E-state index contributed by atoms with van der Waals surface area (Å²) in [6, 6.07) is 0.0749. The Bertz CT molecular complexity index is 1190. The van der Waals surface area contributed by atoms with Gasteiger partial charge in [-0.25, -0.2) is 0 Å². The molecule has 0 aromatic carbocycles. The van der Waals surface area contributed by atoms with Crippen LogP contribution in [0.15, 0.2) is 0 Å². The van der Waals surface area contributed by atoms with Crippen molar-refractivity contribution in [3.8, 4) is 0 Å². The van der Waals surface area contributed by atoms with E-state index in [2.05, 4.69) is 17.8 Å². The van der Waals surface area contributed by atoms with Crippen LogP contribution < -0.4 is 10.9 Å². The highest BCUT2D eigenvalue weighted by Gasteiger charge is 2.79. The van der Waals surface area contributed by atoms with Gasteiger partial charge < -0.3 is 40.1 Å². The molecule has 0 amide bonds. The van der Waals surface area contributed by atoms with E-state index in [1.807, 2.05) is 0 Å². The van der Waals surface area contributed by atoms with Crippen molar-refractivity contribution < 1.29 is 40.1 Å². The first kappa shape index (κ1) is 45.6. The zero-order chi connectivity index (χ0) is 40.6. The van der Waals surface area contributed by atoms with Crippen LogP contribution in [0.5, 0.6) is 0 Å². The molecule has 10 heteroatoms. The molecule has 336 valence electrons. The molecule has 14 unspecified atom stereocenters. The van der Waals surface area contributed by atoms with Crippen molar-refractivity contribution in [2.75, 3.05) is 13.2 Å². The Labute approximate surface area is 351 Å². The van der Waals surface area contributed by atoms with E-state index in [0.717, 1.165) is 74.0 Å². The lowest BCUT2D eigenvalue weighted by atomic mass is 9.57. The molecular formula is C48H86N2O8. The average molecular weight is 819 g/mol. The maximum atomic E-state index is 11.5. The number of fused-ring (bicyclic) bond motifs is 2. The van der Waals surface area contributed by atoms with Crippen molar-refractivity contribution in [2.45, 2.75) is 229 Å². The third kappa shape index (κ3) is 10.3. The van der Waals surface area contributed by atoms with Crippen LogP contribution in [-0.2, 0) is 9.47 Å². The van der Waals surface area contributed by atoms with E-state index in [0.29, 0.717) is 6.42 Å². The average Bonchev–Trinajstić information content (AvgIpc) is 3.96. The molecule has 2 saturated heterocycles. The summed E-state index contributed by atoms with van der Waals surface area (Å²) in [6.45, 7) is 1.69. The predicted molar refractivity (Wildman–Crippen MR) is 226 cm³/mol. The summed E-state index contributed by atoms with van der Waals surface area (Å²) in [6.07, 6.45) is 23.7. The summed E-state index contributed by atoms with van der Waals surface area (Å²) in [5.74, 6) is 9.94. The molecule has 2 aliphatic heterocycles. The van der Waals surface area contributed by atoms with Crippen LogP contribution in [0.2, 0.25) is 0 Å². The lowest BCUT2D eigenvalue weighted by Crippen LogP contribution is -2.59. The topological polar surface area (TPSA) is 164 Å². The Hall–Kier alpha value is -0.400. The second-order valence-corrected chi connectivity index (χ2v) is 20.8. The number of aliphatic hydroxyl groups excluding tert-OH is 6. The maximum absolute atomic E-state index is 11.5. The molecule has 58 heavy (non-hydrogen) atoms. The molecule has 5 saturated carbocycles. The fraction of sp³-hybridized carbons (Fsp3) is 1.00. The molecule has 19 atom stereocenters. The lowest BCUT2D eigenvalue weighted by Gasteiger charge is -2.48. The van der Waals surface area contributed by atoms with Crippen molar-refractivity contribution in [3.05, 3.63) is 0 Å². The van der Waals surface area contributed by atoms with E-state index in [4.69, 9.17) is 9.47 Å². The molecule has 7 rings (SSSR count). The second kappa shape index (κ2) is 22.3. The summed E-state index contributed by atoms with van der Waals surface area (Å²) in [7, 11) is 0. The van der Waals surface area contributed by atoms with Gasteiger partial charge in [0.1, 0.15) is 24.4 Å². The normalized spacial score (nSPS) is 40.8. The first-order valence-corrected chi connectivity index (χ1v) is 25.1. The number of unbranched alkanes of at least 4 members (excludes halogenated alkanes) is 18. The van der Waals surface area contributed by atoms with E-state index < -0.39 is 55.4 Å². The minimum atomic E-state index is -1.53. The lowest BCUT2D eigenvalue weighted by molar-refractivity contribution is -0.305. The van der Waals surface area contributed by atoms with E-state index in [1.165, 1.54) is 127 Å². The summed E-state index contributed by atoms with van der Waals surface area (Å²) < 4.78 is 11.6. The molecular weight excluding hydrogens is 733 g/mol. The number of ether oxygens (including phenoxy) is 2. The summed E-state index contributed by atoms with van der Waals surface area (Å²) >= 11 is 0.